The molecule has 2 heteroatoms. The molecule has 0 spiro atoms. The summed E-state index contributed by atoms with van der Waals surface area (Å²) in [7, 11) is 0. The van der Waals surface area contributed by atoms with E-state index in [-0.39, 0.29) is 5.41 Å². The highest BCUT2D eigenvalue weighted by Gasteiger charge is 2.36. The first-order valence-electron chi connectivity index (χ1n) is 22.1. The molecule has 4 aliphatic heterocycles. The van der Waals surface area contributed by atoms with Crippen LogP contribution >= 0.6 is 0 Å². The van der Waals surface area contributed by atoms with E-state index in [9.17, 15) is 0 Å². The standard InChI is InChI=1S/C61H40N2/c1-61(2)55-25-21-42-33-51(55)52-34-43(22-26-56(52)61)45-24-28-60-54(36-45)50-14-4-6-16-58(50)63(60)48-12-8-10-39(32-48)41-20-18-37-17-19-40(29-46(37)30-41)38-9-7-11-47(31-38)62-57-15-5-3-13-49(57)53-35-44(42)23-27-59(53)62/h3-36H,1-2H3. The van der Waals surface area contributed by atoms with E-state index in [2.05, 4.69) is 229 Å². The average molecular weight is 801 g/mol. The quantitative estimate of drug-likeness (QED) is 0.145. The maximum absolute atomic E-state index is 2.44. The lowest BCUT2D eigenvalue weighted by atomic mass is 9.82. The minimum Gasteiger partial charge on any atom is -0.309 e. The highest BCUT2D eigenvalue weighted by atomic mass is 15.0. The van der Waals surface area contributed by atoms with Crippen molar-refractivity contribution in [3.8, 4) is 67.0 Å². The molecule has 2 nitrogen and oxygen atoms in total. The van der Waals surface area contributed by atoms with Gasteiger partial charge in [0, 0.05) is 38.3 Å². The van der Waals surface area contributed by atoms with Gasteiger partial charge in [-0.2, -0.15) is 0 Å². The summed E-state index contributed by atoms with van der Waals surface area (Å²) in [5.74, 6) is 0. The second-order valence-corrected chi connectivity index (χ2v) is 18.2. The lowest BCUT2D eigenvalue weighted by molar-refractivity contribution is 0.660. The van der Waals surface area contributed by atoms with Crippen LogP contribution in [0.3, 0.4) is 0 Å². The van der Waals surface area contributed by atoms with E-state index in [1.165, 1.54) is 121 Å². The molecule has 0 saturated carbocycles. The fourth-order valence-corrected chi connectivity index (χ4v) is 11.2. The van der Waals surface area contributed by atoms with Crippen molar-refractivity contribution < 1.29 is 0 Å². The summed E-state index contributed by atoms with van der Waals surface area (Å²) in [6.07, 6.45) is 0. The molecule has 0 N–H and O–H groups in total. The van der Waals surface area contributed by atoms with E-state index in [1.807, 2.05) is 0 Å². The zero-order valence-electron chi connectivity index (χ0n) is 35.0. The fraction of sp³-hybridized carbons (Fsp3) is 0.0492. The van der Waals surface area contributed by atoms with Gasteiger partial charge < -0.3 is 9.13 Å². The third kappa shape index (κ3) is 4.95. The number of hydrogen-bond acceptors (Lipinski definition) is 0. The monoisotopic (exact) mass is 800 g/mol. The Hall–Kier alpha value is -7.94. The smallest absolute Gasteiger partial charge is 0.0541 e. The van der Waals surface area contributed by atoms with E-state index in [0.717, 1.165) is 11.4 Å². The Morgan fingerprint density at radius 2 is 0.683 bits per heavy atom. The Bertz CT molecular complexity index is 3690. The van der Waals surface area contributed by atoms with Gasteiger partial charge in [0.1, 0.15) is 0 Å². The van der Waals surface area contributed by atoms with Gasteiger partial charge in [-0.1, -0.05) is 135 Å². The summed E-state index contributed by atoms with van der Waals surface area (Å²) in [5.41, 5.74) is 22.2. The zero-order valence-corrected chi connectivity index (χ0v) is 35.0. The molecule has 19 bridgehead atoms. The first kappa shape index (κ1) is 34.7. The lowest BCUT2D eigenvalue weighted by Gasteiger charge is -2.21. The van der Waals surface area contributed by atoms with E-state index >= 15 is 0 Å². The number of hydrogen-bond donors (Lipinski definition) is 0. The molecule has 0 saturated heterocycles. The average Bonchev–Trinajstić information content (AvgIpc) is 3.93. The summed E-state index contributed by atoms with van der Waals surface area (Å²) in [6.45, 7) is 4.75. The van der Waals surface area contributed by atoms with Crippen LogP contribution in [0.25, 0.3) is 121 Å². The van der Waals surface area contributed by atoms with Gasteiger partial charge in [0.2, 0.25) is 0 Å². The van der Waals surface area contributed by atoms with E-state index in [1.54, 1.807) is 0 Å². The molecule has 2 aromatic heterocycles. The summed E-state index contributed by atoms with van der Waals surface area (Å²) in [6, 6.07) is 78.0. The molecule has 0 fully saturated rings. The van der Waals surface area contributed by atoms with Gasteiger partial charge >= 0.3 is 0 Å². The highest BCUT2D eigenvalue weighted by Crippen LogP contribution is 2.51. The van der Waals surface area contributed by atoms with Gasteiger partial charge in [-0.25, -0.2) is 0 Å². The van der Waals surface area contributed by atoms with Crippen molar-refractivity contribution in [2.24, 2.45) is 0 Å². The van der Waals surface area contributed by atoms with Crippen LogP contribution < -0.4 is 0 Å². The van der Waals surface area contributed by atoms with E-state index in [4.69, 9.17) is 0 Å². The number of fused-ring (bicyclic) bond motifs is 2. The van der Waals surface area contributed by atoms with Gasteiger partial charge in [-0.15, -0.1) is 0 Å². The Morgan fingerprint density at radius 3 is 1.19 bits per heavy atom. The molecule has 0 atom stereocenters. The normalized spacial score (nSPS) is 13.4. The maximum atomic E-state index is 2.44. The van der Waals surface area contributed by atoms with Crippen LogP contribution in [-0.4, -0.2) is 9.13 Å². The van der Waals surface area contributed by atoms with Crippen LogP contribution in [0.1, 0.15) is 25.0 Å². The molecular weight excluding hydrogens is 761 g/mol. The Kier molecular flexibility index (Phi) is 6.93. The van der Waals surface area contributed by atoms with Crippen LogP contribution in [0.15, 0.2) is 206 Å². The van der Waals surface area contributed by atoms with Gasteiger partial charge in [0.25, 0.3) is 0 Å². The topological polar surface area (TPSA) is 9.86 Å². The molecule has 1 aliphatic carbocycles. The summed E-state index contributed by atoms with van der Waals surface area (Å²) < 4.78 is 4.88. The third-order valence-electron chi connectivity index (χ3n) is 14.4. The molecule has 294 valence electrons. The second-order valence-electron chi connectivity index (χ2n) is 18.2. The number of aromatic nitrogens is 2. The summed E-state index contributed by atoms with van der Waals surface area (Å²) in [4.78, 5) is 0. The molecule has 0 unspecified atom stereocenters. The Labute approximate surface area is 365 Å². The lowest BCUT2D eigenvalue weighted by Crippen LogP contribution is -2.14. The molecular formula is C61H40N2. The fourth-order valence-electron chi connectivity index (χ4n) is 11.2. The van der Waals surface area contributed by atoms with Crippen LogP contribution in [0.4, 0.5) is 0 Å². The van der Waals surface area contributed by atoms with Gasteiger partial charge in [0.05, 0.1) is 22.1 Å². The number of nitrogens with zero attached hydrogens (tertiary/aromatic N) is 2. The van der Waals surface area contributed by atoms with Gasteiger partial charge in [-0.3, -0.25) is 0 Å². The van der Waals surface area contributed by atoms with Gasteiger partial charge in [0.15, 0.2) is 0 Å². The summed E-state index contributed by atoms with van der Waals surface area (Å²) >= 11 is 0. The maximum Gasteiger partial charge on any atom is 0.0541 e. The van der Waals surface area contributed by atoms with E-state index in [0.29, 0.717) is 0 Å². The minimum atomic E-state index is -0.104. The minimum absolute atomic E-state index is 0.104. The molecule has 5 aliphatic rings. The molecule has 6 heterocycles. The van der Waals surface area contributed by atoms with Crippen molar-refractivity contribution in [1.29, 1.82) is 0 Å². The Balaban J connectivity index is 1.04. The number of para-hydroxylation sites is 2. The first-order chi connectivity index (χ1) is 30.9. The highest BCUT2D eigenvalue weighted by molar-refractivity contribution is 6.12. The van der Waals surface area contributed by atoms with Crippen LogP contribution in [-0.2, 0) is 5.41 Å². The SMILES string of the molecule is CC1(C)c2ccc3cc2-c2cc(ccc21)-c1ccc2c(c1)c1ccccc1n2-c1cccc(c1)-c1ccc2ccc(cc2c1)-c1cccc(c1)-n1c2ccccc2c2cc-3ccc21. The van der Waals surface area contributed by atoms with Crippen molar-refractivity contribution in [3.63, 3.8) is 0 Å². The largest absolute Gasteiger partial charge is 0.309 e. The van der Waals surface area contributed by atoms with Crippen molar-refractivity contribution >= 4 is 54.4 Å². The summed E-state index contributed by atoms with van der Waals surface area (Å²) in [5, 5.41) is 7.48. The zero-order chi connectivity index (χ0) is 41.6. The second kappa shape index (κ2) is 12.6. The molecule has 0 radical (unpaired) electrons. The van der Waals surface area contributed by atoms with Crippen molar-refractivity contribution in [2.75, 3.05) is 0 Å². The molecule has 17 rings (SSSR count). The van der Waals surface area contributed by atoms with Crippen molar-refractivity contribution in [1.82, 2.24) is 9.13 Å². The predicted molar refractivity (Wildman–Crippen MR) is 265 cm³/mol. The number of benzene rings is 10. The molecule has 10 aromatic carbocycles. The van der Waals surface area contributed by atoms with Crippen LogP contribution in [0.2, 0.25) is 0 Å². The third-order valence-corrected chi connectivity index (χ3v) is 14.4. The van der Waals surface area contributed by atoms with E-state index < -0.39 is 0 Å². The van der Waals surface area contributed by atoms with Gasteiger partial charge in [-0.05, 0) is 162 Å². The van der Waals surface area contributed by atoms with Crippen molar-refractivity contribution in [2.45, 2.75) is 19.3 Å². The van der Waals surface area contributed by atoms with Crippen LogP contribution in [0.5, 0.6) is 0 Å². The number of rotatable bonds is 0. The molecule has 0 amide bonds. The molecule has 63 heavy (non-hydrogen) atoms. The Morgan fingerprint density at radius 1 is 0.286 bits per heavy atom. The molecule has 12 aromatic rings. The first-order valence-corrected chi connectivity index (χ1v) is 22.1. The predicted octanol–water partition coefficient (Wildman–Crippen LogP) is 16.3. The van der Waals surface area contributed by atoms with Crippen molar-refractivity contribution in [3.05, 3.63) is 217 Å². The van der Waals surface area contributed by atoms with Crippen LogP contribution in [0, 0.1) is 0 Å².